The van der Waals surface area contributed by atoms with Crippen molar-refractivity contribution in [3.63, 3.8) is 0 Å². The molecule has 1 fully saturated rings. The fourth-order valence-corrected chi connectivity index (χ4v) is 2.98. The van der Waals surface area contributed by atoms with Crippen LogP contribution in [0.25, 0.3) is 5.65 Å². The van der Waals surface area contributed by atoms with Crippen LogP contribution in [0.2, 0.25) is 0 Å². The van der Waals surface area contributed by atoms with E-state index < -0.39 is 5.97 Å². The molecule has 112 valence electrons. The number of hydrogen-bond acceptors (Lipinski definition) is 4. The second kappa shape index (κ2) is 5.37. The lowest BCUT2D eigenvalue weighted by Crippen LogP contribution is -2.42. The zero-order valence-electron chi connectivity index (χ0n) is 12.4. The first-order valence-corrected chi connectivity index (χ1v) is 7.19. The Bertz CT molecular complexity index is 659. The molecule has 21 heavy (non-hydrogen) atoms. The Morgan fingerprint density at radius 1 is 1.38 bits per heavy atom. The first-order chi connectivity index (χ1) is 10.1. The van der Waals surface area contributed by atoms with Gasteiger partial charge in [-0.05, 0) is 45.1 Å². The average Bonchev–Trinajstić information content (AvgIpc) is 2.86. The van der Waals surface area contributed by atoms with Crippen LogP contribution in [0.1, 0.15) is 23.3 Å². The number of carboxylic acids is 1. The monoisotopic (exact) mass is 288 g/mol. The van der Waals surface area contributed by atoms with Crippen molar-refractivity contribution in [3.05, 3.63) is 30.1 Å². The first-order valence-electron chi connectivity index (χ1n) is 7.19. The van der Waals surface area contributed by atoms with Crippen molar-refractivity contribution in [3.8, 4) is 0 Å². The number of imidazole rings is 1. The fourth-order valence-electron chi connectivity index (χ4n) is 2.98. The van der Waals surface area contributed by atoms with Crippen LogP contribution < -0.4 is 4.90 Å². The summed E-state index contributed by atoms with van der Waals surface area (Å²) in [5, 5.41) is 9.55. The van der Waals surface area contributed by atoms with Crippen LogP contribution in [0.15, 0.2) is 24.4 Å². The van der Waals surface area contributed by atoms with Crippen molar-refractivity contribution in [1.82, 2.24) is 14.3 Å². The van der Waals surface area contributed by atoms with E-state index in [0.717, 1.165) is 25.9 Å². The molecule has 1 aliphatic rings. The number of aromatic carboxylic acids is 1. The molecule has 2 aromatic heterocycles. The molecule has 1 saturated heterocycles. The van der Waals surface area contributed by atoms with Gasteiger partial charge in [0.25, 0.3) is 0 Å². The summed E-state index contributed by atoms with van der Waals surface area (Å²) in [6.07, 6.45) is 3.80. The van der Waals surface area contributed by atoms with Gasteiger partial charge in [-0.3, -0.25) is 4.40 Å². The maximum absolute atomic E-state index is 11.6. The number of aromatic nitrogens is 2. The van der Waals surface area contributed by atoms with Crippen molar-refractivity contribution in [1.29, 1.82) is 0 Å². The number of hydrogen-bond donors (Lipinski definition) is 1. The van der Waals surface area contributed by atoms with Gasteiger partial charge in [0, 0.05) is 19.3 Å². The van der Waals surface area contributed by atoms with E-state index in [1.807, 2.05) is 30.1 Å². The molecule has 3 heterocycles. The van der Waals surface area contributed by atoms with Gasteiger partial charge in [-0.1, -0.05) is 6.07 Å². The Morgan fingerprint density at radius 3 is 2.76 bits per heavy atom. The van der Waals surface area contributed by atoms with Crippen LogP contribution in [-0.2, 0) is 0 Å². The molecule has 0 atom stereocenters. The van der Waals surface area contributed by atoms with Crippen molar-refractivity contribution < 1.29 is 9.90 Å². The quantitative estimate of drug-likeness (QED) is 0.929. The molecular formula is C15H20N4O2. The summed E-state index contributed by atoms with van der Waals surface area (Å²) in [6, 6.07) is 5.86. The lowest BCUT2D eigenvalue weighted by atomic mass is 10.0. The third-order valence-electron chi connectivity index (χ3n) is 4.28. The molecule has 0 saturated carbocycles. The lowest BCUT2D eigenvalue weighted by Gasteiger charge is -2.35. The standard InChI is InChI=1S/C15H20N4O2/c1-17-9-6-11(7-10-17)18(2)14-13(15(20)21)19-8-4-3-5-12(19)16-14/h3-5,8,11H,6-7,9-10H2,1-2H3,(H,20,21). The number of anilines is 1. The summed E-state index contributed by atoms with van der Waals surface area (Å²) >= 11 is 0. The van der Waals surface area contributed by atoms with Gasteiger partial charge in [-0.25, -0.2) is 9.78 Å². The highest BCUT2D eigenvalue weighted by molar-refractivity contribution is 5.93. The van der Waals surface area contributed by atoms with Crippen LogP contribution >= 0.6 is 0 Å². The average molecular weight is 288 g/mol. The van der Waals surface area contributed by atoms with E-state index in [9.17, 15) is 9.90 Å². The number of piperidine rings is 1. The molecule has 0 radical (unpaired) electrons. The van der Waals surface area contributed by atoms with E-state index in [1.165, 1.54) is 0 Å². The zero-order valence-corrected chi connectivity index (χ0v) is 12.4. The largest absolute Gasteiger partial charge is 0.476 e. The normalized spacial score (nSPS) is 17.2. The lowest BCUT2D eigenvalue weighted by molar-refractivity contribution is 0.0690. The minimum Gasteiger partial charge on any atom is -0.476 e. The Labute approximate surface area is 123 Å². The molecule has 6 heteroatoms. The molecular weight excluding hydrogens is 268 g/mol. The first kappa shape index (κ1) is 13.9. The van der Waals surface area contributed by atoms with Crippen LogP contribution in [0, 0.1) is 0 Å². The molecule has 6 nitrogen and oxygen atoms in total. The number of carbonyl (C=O) groups is 1. The number of nitrogens with zero attached hydrogens (tertiary/aromatic N) is 4. The van der Waals surface area contributed by atoms with Gasteiger partial charge in [-0.2, -0.15) is 0 Å². The van der Waals surface area contributed by atoms with Crippen molar-refractivity contribution in [2.24, 2.45) is 0 Å². The molecule has 1 N–H and O–H groups in total. The third-order valence-corrected chi connectivity index (χ3v) is 4.28. The zero-order chi connectivity index (χ0) is 15.0. The molecule has 3 rings (SSSR count). The Balaban J connectivity index is 1.99. The van der Waals surface area contributed by atoms with Gasteiger partial charge in [0.15, 0.2) is 11.5 Å². The maximum atomic E-state index is 11.6. The van der Waals surface area contributed by atoms with Gasteiger partial charge in [-0.15, -0.1) is 0 Å². The SMILES string of the molecule is CN1CCC(N(C)c2nc3ccccn3c2C(=O)O)CC1. The number of fused-ring (bicyclic) bond motifs is 1. The number of likely N-dealkylation sites (tertiary alicyclic amines) is 1. The Kier molecular flexibility index (Phi) is 3.55. The second-order valence-electron chi connectivity index (χ2n) is 5.66. The third kappa shape index (κ3) is 2.47. The van der Waals surface area contributed by atoms with E-state index in [1.54, 1.807) is 10.6 Å². The Hall–Kier alpha value is -2.08. The van der Waals surface area contributed by atoms with Crippen LogP contribution in [0.5, 0.6) is 0 Å². The van der Waals surface area contributed by atoms with Gasteiger partial charge in [0.05, 0.1) is 0 Å². The number of carboxylic acid groups (broad SMARTS) is 1. The smallest absolute Gasteiger partial charge is 0.356 e. The minimum absolute atomic E-state index is 0.243. The summed E-state index contributed by atoms with van der Waals surface area (Å²) < 4.78 is 1.64. The molecule has 0 aliphatic carbocycles. The van der Waals surface area contributed by atoms with Crippen LogP contribution in [0.3, 0.4) is 0 Å². The molecule has 0 spiro atoms. The van der Waals surface area contributed by atoms with Gasteiger partial charge in [0.2, 0.25) is 0 Å². The highest BCUT2D eigenvalue weighted by Gasteiger charge is 2.27. The molecule has 0 amide bonds. The Morgan fingerprint density at radius 2 is 2.10 bits per heavy atom. The predicted molar refractivity (Wildman–Crippen MR) is 81.1 cm³/mol. The second-order valence-corrected chi connectivity index (χ2v) is 5.66. The van der Waals surface area contributed by atoms with Crippen molar-refractivity contribution in [2.45, 2.75) is 18.9 Å². The van der Waals surface area contributed by atoms with E-state index >= 15 is 0 Å². The van der Waals surface area contributed by atoms with E-state index in [2.05, 4.69) is 16.9 Å². The summed E-state index contributed by atoms with van der Waals surface area (Å²) in [5.41, 5.74) is 0.914. The van der Waals surface area contributed by atoms with Gasteiger partial charge >= 0.3 is 5.97 Å². The van der Waals surface area contributed by atoms with Crippen LogP contribution in [-0.4, -0.2) is 58.6 Å². The van der Waals surface area contributed by atoms with Gasteiger partial charge < -0.3 is 14.9 Å². The van der Waals surface area contributed by atoms with Gasteiger partial charge in [0.1, 0.15) is 5.65 Å². The molecule has 2 aromatic rings. The topological polar surface area (TPSA) is 61.1 Å². The predicted octanol–water partition coefficient (Wildman–Crippen LogP) is 1.56. The molecule has 0 unspecified atom stereocenters. The summed E-state index contributed by atoms with van der Waals surface area (Å²) in [6.45, 7) is 2.07. The summed E-state index contributed by atoms with van der Waals surface area (Å²) in [4.78, 5) is 20.5. The molecule has 0 aromatic carbocycles. The van der Waals surface area contributed by atoms with E-state index in [4.69, 9.17) is 0 Å². The maximum Gasteiger partial charge on any atom is 0.356 e. The highest BCUT2D eigenvalue weighted by Crippen LogP contribution is 2.25. The molecule has 1 aliphatic heterocycles. The van der Waals surface area contributed by atoms with Crippen LogP contribution in [0.4, 0.5) is 5.82 Å². The summed E-state index contributed by atoms with van der Waals surface area (Å²) in [5.74, 6) is -0.383. The minimum atomic E-state index is -0.941. The summed E-state index contributed by atoms with van der Waals surface area (Å²) in [7, 11) is 4.06. The van der Waals surface area contributed by atoms with Crippen molar-refractivity contribution >= 4 is 17.4 Å². The van der Waals surface area contributed by atoms with E-state index in [0.29, 0.717) is 17.5 Å². The highest BCUT2D eigenvalue weighted by atomic mass is 16.4. The van der Waals surface area contributed by atoms with Crippen molar-refractivity contribution in [2.75, 3.05) is 32.1 Å². The molecule has 0 bridgehead atoms. The fraction of sp³-hybridized carbons (Fsp3) is 0.467. The number of pyridine rings is 1. The number of rotatable bonds is 3. The van der Waals surface area contributed by atoms with E-state index in [-0.39, 0.29) is 5.69 Å².